The van der Waals surface area contributed by atoms with Crippen LogP contribution in [-0.4, -0.2) is 22.9 Å². The van der Waals surface area contributed by atoms with Gasteiger partial charge in [-0.1, -0.05) is 12.1 Å². The highest BCUT2D eigenvalue weighted by molar-refractivity contribution is 6.05. The minimum absolute atomic E-state index is 0.0134. The fraction of sp³-hybridized carbons (Fsp3) is 0.105. The summed E-state index contributed by atoms with van der Waals surface area (Å²) in [5, 5.41) is 4.21. The van der Waals surface area contributed by atoms with E-state index < -0.39 is 0 Å². The SMILES string of the molecule is CC(=O)N(C)c1ccc(Nc2ncnc3c2oc2ccccc23)cc1. The van der Waals surface area contributed by atoms with Crippen LogP contribution in [0.2, 0.25) is 0 Å². The van der Waals surface area contributed by atoms with Crippen LogP contribution in [0.15, 0.2) is 59.3 Å². The van der Waals surface area contributed by atoms with E-state index in [9.17, 15) is 4.79 Å². The fourth-order valence-corrected chi connectivity index (χ4v) is 2.70. The Labute approximate surface area is 144 Å². The molecule has 6 heteroatoms. The van der Waals surface area contributed by atoms with Crippen LogP contribution in [0.1, 0.15) is 6.92 Å². The minimum atomic E-state index is -0.0134. The smallest absolute Gasteiger partial charge is 0.223 e. The molecule has 1 N–H and O–H groups in total. The maximum Gasteiger partial charge on any atom is 0.223 e. The maximum absolute atomic E-state index is 11.4. The van der Waals surface area contributed by atoms with Crippen molar-refractivity contribution in [1.82, 2.24) is 9.97 Å². The number of aromatic nitrogens is 2. The van der Waals surface area contributed by atoms with E-state index in [1.165, 1.54) is 13.3 Å². The lowest BCUT2D eigenvalue weighted by molar-refractivity contribution is -0.116. The number of anilines is 3. The van der Waals surface area contributed by atoms with Crippen molar-refractivity contribution in [3.8, 4) is 0 Å². The summed E-state index contributed by atoms with van der Waals surface area (Å²) >= 11 is 0. The summed E-state index contributed by atoms with van der Waals surface area (Å²) in [4.78, 5) is 21.7. The molecule has 0 saturated carbocycles. The van der Waals surface area contributed by atoms with Gasteiger partial charge in [-0.05, 0) is 36.4 Å². The van der Waals surface area contributed by atoms with Gasteiger partial charge in [0.25, 0.3) is 0 Å². The molecule has 2 aromatic heterocycles. The summed E-state index contributed by atoms with van der Waals surface area (Å²) in [6, 6.07) is 15.3. The number of rotatable bonds is 3. The summed E-state index contributed by atoms with van der Waals surface area (Å²) in [7, 11) is 1.74. The first-order chi connectivity index (χ1) is 12.1. The van der Waals surface area contributed by atoms with E-state index in [2.05, 4.69) is 15.3 Å². The first-order valence-electron chi connectivity index (χ1n) is 7.87. The zero-order valence-corrected chi connectivity index (χ0v) is 13.9. The van der Waals surface area contributed by atoms with Gasteiger partial charge in [-0.2, -0.15) is 0 Å². The molecule has 1 amide bonds. The molecule has 0 aliphatic carbocycles. The Morgan fingerprint density at radius 3 is 2.60 bits per heavy atom. The number of hydrogen-bond acceptors (Lipinski definition) is 5. The molecule has 2 heterocycles. The number of carbonyl (C=O) groups is 1. The first kappa shape index (κ1) is 15.1. The number of nitrogens with zero attached hydrogens (tertiary/aromatic N) is 3. The van der Waals surface area contributed by atoms with E-state index in [0.29, 0.717) is 11.4 Å². The number of nitrogens with one attached hydrogen (secondary N) is 1. The number of furan rings is 1. The molecule has 124 valence electrons. The molecular formula is C19H16N4O2. The standard InChI is InChI=1S/C19H16N4O2/c1-12(24)23(2)14-9-7-13(8-10-14)22-19-18-17(20-11-21-19)15-5-3-4-6-16(15)25-18/h3-11H,1-2H3,(H,20,21,22). The van der Waals surface area contributed by atoms with Gasteiger partial charge < -0.3 is 14.6 Å². The van der Waals surface area contributed by atoms with Crippen molar-refractivity contribution in [2.24, 2.45) is 0 Å². The predicted molar refractivity (Wildman–Crippen MR) is 98.1 cm³/mol. The van der Waals surface area contributed by atoms with E-state index in [0.717, 1.165) is 27.9 Å². The maximum atomic E-state index is 11.4. The van der Waals surface area contributed by atoms with E-state index >= 15 is 0 Å². The summed E-state index contributed by atoms with van der Waals surface area (Å²) in [6.45, 7) is 1.53. The van der Waals surface area contributed by atoms with E-state index in [4.69, 9.17) is 4.42 Å². The number of fused-ring (bicyclic) bond motifs is 3. The highest BCUT2D eigenvalue weighted by Gasteiger charge is 2.13. The number of amides is 1. The Hall–Kier alpha value is -3.41. The number of hydrogen-bond donors (Lipinski definition) is 1. The highest BCUT2D eigenvalue weighted by Crippen LogP contribution is 2.31. The Morgan fingerprint density at radius 2 is 1.84 bits per heavy atom. The molecule has 0 unspecified atom stereocenters. The van der Waals surface area contributed by atoms with Gasteiger partial charge in [0.05, 0.1) is 0 Å². The van der Waals surface area contributed by atoms with Gasteiger partial charge in [0.1, 0.15) is 17.4 Å². The molecule has 0 aliphatic heterocycles. The van der Waals surface area contributed by atoms with E-state index in [-0.39, 0.29) is 5.91 Å². The van der Waals surface area contributed by atoms with Crippen LogP contribution < -0.4 is 10.2 Å². The summed E-state index contributed by atoms with van der Waals surface area (Å²) in [5.41, 5.74) is 3.85. The number of para-hydroxylation sites is 1. The highest BCUT2D eigenvalue weighted by atomic mass is 16.3. The Kier molecular flexibility index (Phi) is 3.57. The van der Waals surface area contributed by atoms with Gasteiger partial charge in [0.2, 0.25) is 5.91 Å². The van der Waals surface area contributed by atoms with Crippen molar-refractivity contribution < 1.29 is 9.21 Å². The lowest BCUT2D eigenvalue weighted by Crippen LogP contribution is -2.22. The second-order valence-electron chi connectivity index (χ2n) is 5.75. The van der Waals surface area contributed by atoms with Gasteiger partial charge >= 0.3 is 0 Å². The van der Waals surface area contributed by atoms with E-state index in [1.54, 1.807) is 11.9 Å². The molecular weight excluding hydrogens is 316 g/mol. The van der Waals surface area contributed by atoms with Crippen LogP contribution in [0.5, 0.6) is 0 Å². The quantitative estimate of drug-likeness (QED) is 0.611. The molecule has 6 nitrogen and oxygen atoms in total. The van der Waals surface area contributed by atoms with Crippen molar-refractivity contribution in [2.45, 2.75) is 6.92 Å². The van der Waals surface area contributed by atoms with Crippen LogP contribution in [0.25, 0.3) is 22.1 Å². The average molecular weight is 332 g/mol. The Morgan fingerprint density at radius 1 is 1.08 bits per heavy atom. The second kappa shape index (κ2) is 5.90. The monoisotopic (exact) mass is 332 g/mol. The Balaban J connectivity index is 1.70. The average Bonchev–Trinajstić information content (AvgIpc) is 3.01. The second-order valence-corrected chi connectivity index (χ2v) is 5.75. The van der Waals surface area contributed by atoms with Crippen LogP contribution >= 0.6 is 0 Å². The van der Waals surface area contributed by atoms with Crippen LogP contribution in [0.3, 0.4) is 0 Å². The van der Waals surface area contributed by atoms with Crippen LogP contribution in [0, 0.1) is 0 Å². The largest absolute Gasteiger partial charge is 0.450 e. The van der Waals surface area contributed by atoms with Crippen LogP contribution in [-0.2, 0) is 4.79 Å². The first-order valence-corrected chi connectivity index (χ1v) is 7.87. The van der Waals surface area contributed by atoms with Crippen molar-refractivity contribution in [3.63, 3.8) is 0 Å². The van der Waals surface area contributed by atoms with Gasteiger partial charge in [-0.15, -0.1) is 0 Å². The van der Waals surface area contributed by atoms with Gasteiger partial charge in [0, 0.05) is 30.7 Å². The molecule has 0 aliphatic rings. The molecule has 0 atom stereocenters. The molecule has 0 fully saturated rings. The molecule has 0 spiro atoms. The van der Waals surface area contributed by atoms with Crippen molar-refractivity contribution in [2.75, 3.05) is 17.3 Å². The van der Waals surface area contributed by atoms with Crippen molar-refractivity contribution in [1.29, 1.82) is 0 Å². The van der Waals surface area contributed by atoms with Crippen molar-refractivity contribution >= 4 is 45.2 Å². The molecule has 0 bridgehead atoms. The topological polar surface area (TPSA) is 71.3 Å². The lowest BCUT2D eigenvalue weighted by atomic mass is 10.2. The summed E-state index contributed by atoms with van der Waals surface area (Å²) < 4.78 is 5.91. The van der Waals surface area contributed by atoms with E-state index in [1.807, 2.05) is 48.5 Å². The van der Waals surface area contributed by atoms with Gasteiger partial charge in [-0.3, -0.25) is 4.79 Å². The third kappa shape index (κ3) is 2.67. The molecule has 4 rings (SSSR count). The third-order valence-corrected chi connectivity index (χ3v) is 4.15. The fourth-order valence-electron chi connectivity index (χ4n) is 2.70. The minimum Gasteiger partial charge on any atom is -0.450 e. The predicted octanol–water partition coefficient (Wildman–Crippen LogP) is 4.10. The Bertz CT molecular complexity index is 1070. The third-order valence-electron chi connectivity index (χ3n) is 4.15. The van der Waals surface area contributed by atoms with Gasteiger partial charge in [0.15, 0.2) is 11.4 Å². The number of carbonyl (C=O) groups excluding carboxylic acids is 1. The zero-order valence-electron chi connectivity index (χ0n) is 13.9. The van der Waals surface area contributed by atoms with Crippen LogP contribution in [0.4, 0.5) is 17.2 Å². The molecule has 0 saturated heterocycles. The molecule has 4 aromatic rings. The number of benzene rings is 2. The molecule has 2 aromatic carbocycles. The lowest BCUT2D eigenvalue weighted by Gasteiger charge is -2.15. The zero-order chi connectivity index (χ0) is 17.4. The van der Waals surface area contributed by atoms with Gasteiger partial charge in [-0.25, -0.2) is 9.97 Å². The van der Waals surface area contributed by atoms with Crippen molar-refractivity contribution in [3.05, 3.63) is 54.9 Å². The molecule has 0 radical (unpaired) electrons. The molecule has 25 heavy (non-hydrogen) atoms. The summed E-state index contributed by atoms with van der Waals surface area (Å²) in [6.07, 6.45) is 1.52. The normalized spacial score (nSPS) is 11.0. The summed E-state index contributed by atoms with van der Waals surface area (Å²) in [5.74, 6) is 0.592.